The molecule has 38 heavy (non-hydrogen) atoms. The number of pyridine rings is 1. The smallest absolute Gasteiger partial charge is 0.326 e. The number of aromatic nitrogens is 1. The van der Waals surface area contributed by atoms with Gasteiger partial charge in [0.25, 0.3) is 0 Å². The van der Waals surface area contributed by atoms with Crippen molar-refractivity contribution in [2.24, 2.45) is 0 Å². The van der Waals surface area contributed by atoms with Gasteiger partial charge in [0.2, 0.25) is 0 Å². The summed E-state index contributed by atoms with van der Waals surface area (Å²) in [6, 6.07) is 3.13. The number of carbonyl (C=O) groups excluding carboxylic acids is 1. The van der Waals surface area contributed by atoms with Crippen molar-refractivity contribution in [2.45, 2.75) is 78.7 Å². The van der Waals surface area contributed by atoms with Crippen LogP contribution in [0.15, 0.2) is 23.9 Å². The van der Waals surface area contributed by atoms with E-state index in [0.29, 0.717) is 26.1 Å². The Hall–Kier alpha value is -2.81. The summed E-state index contributed by atoms with van der Waals surface area (Å²) < 4.78 is 0. The monoisotopic (exact) mass is 530 g/mol. The number of aryl methyl sites for hydroxylation is 2. The summed E-state index contributed by atoms with van der Waals surface area (Å²) in [5.74, 6) is 0.0526. The van der Waals surface area contributed by atoms with Crippen LogP contribution in [0.25, 0.3) is 0 Å². The largest absolute Gasteiger partial charge is 0.480 e. The zero-order valence-electron chi connectivity index (χ0n) is 24.3. The molecule has 1 aliphatic rings. The highest BCUT2D eigenvalue weighted by molar-refractivity contribution is 5.82. The number of allylic oxidation sites excluding steroid dienone is 2. The fourth-order valence-corrected chi connectivity index (χ4v) is 4.72. The molecule has 0 saturated carbocycles. The molecule has 0 fully saturated rings. The van der Waals surface area contributed by atoms with Crippen molar-refractivity contribution < 1.29 is 14.7 Å². The zero-order valence-corrected chi connectivity index (χ0v) is 24.3. The lowest BCUT2D eigenvalue weighted by Gasteiger charge is -2.28. The van der Waals surface area contributed by atoms with Gasteiger partial charge in [-0.05, 0) is 83.9 Å². The summed E-state index contributed by atoms with van der Waals surface area (Å²) >= 11 is 0. The van der Waals surface area contributed by atoms with Crippen molar-refractivity contribution >= 4 is 17.8 Å². The Labute approximate surface area is 229 Å². The van der Waals surface area contributed by atoms with E-state index in [4.69, 9.17) is 4.98 Å². The fourth-order valence-electron chi connectivity index (χ4n) is 4.72. The second-order valence-electron chi connectivity index (χ2n) is 10.1. The Bertz CT molecular complexity index is 902. The predicted molar refractivity (Wildman–Crippen MR) is 155 cm³/mol. The van der Waals surface area contributed by atoms with E-state index >= 15 is 0 Å². The Balaban J connectivity index is 1.94. The van der Waals surface area contributed by atoms with E-state index in [1.54, 1.807) is 4.90 Å². The van der Waals surface area contributed by atoms with E-state index in [2.05, 4.69) is 59.5 Å². The molecule has 1 aliphatic heterocycles. The van der Waals surface area contributed by atoms with Crippen LogP contribution in [-0.2, 0) is 17.6 Å². The molecular weight excluding hydrogens is 480 g/mol. The van der Waals surface area contributed by atoms with Gasteiger partial charge in [0.15, 0.2) is 0 Å². The van der Waals surface area contributed by atoms with Crippen LogP contribution in [0.2, 0.25) is 0 Å². The molecule has 9 nitrogen and oxygen atoms in total. The first-order valence-electron chi connectivity index (χ1n) is 14.4. The second-order valence-corrected chi connectivity index (χ2v) is 10.1. The lowest BCUT2D eigenvalue weighted by Crippen LogP contribution is -2.49. The zero-order chi connectivity index (χ0) is 27.9. The van der Waals surface area contributed by atoms with Gasteiger partial charge < -0.3 is 30.4 Å². The highest BCUT2D eigenvalue weighted by Crippen LogP contribution is 2.20. The first-order valence-corrected chi connectivity index (χ1v) is 14.4. The number of nitrogens with one attached hydrogen (secondary N) is 2. The van der Waals surface area contributed by atoms with Crippen LogP contribution in [0.5, 0.6) is 0 Å². The average Bonchev–Trinajstić information content (AvgIpc) is 2.91. The van der Waals surface area contributed by atoms with Crippen molar-refractivity contribution in [3.05, 3.63) is 35.2 Å². The number of hydrogen-bond acceptors (Lipinski definition) is 6. The first-order chi connectivity index (χ1) is 18.3. The number of unbranched alkanes of at least 4 members (excludes halogenated alkanes) is 1. The normalized spacial score (nSPS) is 14.0. The van der Waals surface area contributed by atoms with Gasteiger partial charge in [-0.15, -0.1) is 0 Å². The maximum absolute atomic E-state index is 12.5. The van der Waals surface area contributed by atoms with Crippen LogP contribution in [0.4, 0.5) is 10.6 Å². The topological polar surface area (TPSA) is 101 Å². The molecule has 1 aromatic rings. The van der Waals surface area contributed by atoms with E-state index in [9.17, 15) is 14.7 Å². The molecule has 0 radical (unpaired) electrons. The van der Waals surface area contributed by atoms with Crippen LogP contribution in [0, 0.1) is 0 Å². The molecule has 214 valence electrons. The summed E-state index contributed by atoms with van der Waals surface area (Å²) in [4.78, 5) is 35.4. The Morgan fingerprint density at radius 1 is 1.13 bits per heavy atom. The third-order valence-corrected chi connectivity index (χ3v) is 7.34. The third-order valence-electron chi connectivity index (χ3n) is 7.34. The summed E-state index contributed by atoms with van der Waals surface area (Å²) in [6.07, 6.45) is 8.80. The van der Waals surface area contributed by atoms with E-state index in [0.717, 1.165) is 76.2 Å². The Kier molecular flexibility index (Phi) is 14.0. The average molecular weight is 531 g/mol. The molecule has 2 heterocycles. The Morgan fingerprint density at radius 2 is 1.89 bits per heavy atom. The van der Waals surface area contributed by atoms with Crippen LogP contribution >= 0.6 is 0 Å². The van der Waals surface area contributed by atoms with Crippen molar-refractivity contribution in [1.29, 1.82) is 0 Å². The number of anilines is 1. The molecule has 1 aromatic heterocycles. The molecule has 1 unspecified atom stereocenters. The molecule has 0 saturated heterocycles. The number of rotatable bonds is 17. The molecule has 2 rings (SSSR count). The molecule has 9 heteroatoms. The number of aliphatic carboxylic acids is 1. The van der Waals surface area contributed by atoms with Gasteiger partial charge in [-0.3, -0.25) is 0 Å². The molecule has 0 aliphatic carbocycles. The number of carboxylic acid groups (broad SMARTS) is 1. The number of hydrogen-bond donors (Lipinski definition) is 3. The van der Waals surface area contributed by atoms with Gasteiger partial charge in [0.1, 0.15) is 11.9 Å². The fraction of sp³-hybridized carbons (Fsp3) is 0.690. The lowest BCUT2D eigenvalue weighted by atomic mass is 10.1. The molecule has 0 spiro atoms. The number of amides is 2. The van der Waals surface area contributed by atoms with Crippen molar-refractivity contribution in [3.8, 4) is 0 Å². The first kappa shape index (κ1) is 31.4. The van der Waals surface area contributed by atoms with Crippen molar-refractivity contribution in [3.63, 3.8) is 0 Å². The summed E-state index contributed by atoms with van der Waals surface area (Å²) in [7, 11) is 2.10. The number of carboxylic acids is 1. The van der Waals surface area contributed by atoms with E-state index in [-0.39, 0.29) is 6.03 Å². The SMILES string of the molecule is CC/C=C(/C)N(C)CCN(CCCCc1ccc2c(n1)NCCC2)CCC(NC(=O)N(CC)CC)C(=O)O. The molecule has 2 amide bonds. The number of carbonyl (C=O) groups is 2. The van der Waals surface area contributed by atoms with Gasteiger partial charge in [-0.1, -0.05) is 19.1 Å². The third kappa shape index (κ3) is 10.5. The van der Waals surface area contributed by atoms with Crippen molar-refractivity contribution in [1.82, 2.24) is 25.0 Å². The quantitative estimate of drug-likeness (QED) is 0.260. The van der Waals surface area contributed by atoms with Crippen LogP contribution < -0.4 is 10.6 Å². The summed E-state index contributed by atoms with van der Waals surface area (Å²) in [5, 5.41) is 15.9. The molecule has 0 bridgehead atoms. The number of likely N-dealkylation sites (N-methyl/N-ethyl adjacent to an activating group) is 1. The summed E-state index contributed by atoms with van der Waals surface area (Å²) in [5.41, 5.74) is 3.67. The maximum atomic E-state index is 12.5. The van der Waals surface area contributed by atoms with Gasteiger partial charge in [-0.25, -0.2) is 14.6 Å². The molecule has 1 atom stereocenters. The van der Waals surface area contributed by atoms with Crippen LogP contribution in [0.1, 0.15) is 71.1 Å². The van der Waals surface area contributed by atoms with E-state index in [1.165, 1.54) is 11.3 Å². The highest BCUT2D eigenvalue weighted by Gasteiger charge is 2.23. The minimum Gasteiger partial charge on any atom is -0.480 e. The van der Waals surface area contributed by atoms with E-state index in [1.807, 2.05) is 13.8 Å². The van der Waals surface area contributed by atoms with Gasteiger partial charge in [0, 0.05) is 57.7 Å². The molecule has 3 N–H and O–H groups in total. The lowest BCUT2D eigenvalue weighted by molar-refractivity contribution is -0.139. The Morgan fingerprint density at radius 3 is 2.58 bits per heavy atom. The van der Waals surface area contributed by atoms with Crippen LogP contribution in [-0.4, -0.2) is 95.7 Å². The number of fused-ring (bicyclic) bond motifs is 1. The molecule has 0 aromatic carbocycles. The van der Waals surface area contributed by atoms with Gasteiger partial charge >= 0.3 is 12.0 Å². The standard InChI is InChI=1S/C29H50N6O3/c1-6-12-23(4)33(5)21-22-34(20-17-26(28(36)37)32-29(38)35(7-2)8-3)19-10-9-14-25-16-15-24-13-11-18-30-27(24)31-25/h12,15-16,26H,6-11,13-14,17-22H2,1-5H3,(H,30,31)(H,32,38)(H,36,37)/b23-12-. The second kappa shape index (κ2) is 16.9. The maximum Gasteiger partial charge on any atom is 0.326 e. The summed E-state index contributed by atoms with van der Waals surface area (Å²) in [6.45, 7) is 13.3. The number of urea groups is 1. The minimum absolute atomic E-state index is 0.318. The predicted octanol–water partition coefficient (Wildman–Crippen LogP) is 4.20. The van der Waals surface area contributed by atoms with Crippen molar-refractivity contribution in [2.75, 3.05) is 58.2 Å². The number of nitrogens with zero attached hydrogens (tertiary/aromatic N) is 4. The van der Waals surface area contributed by atoms with Gasteiger partial charge in [0.05, 0.1) is 0 Å². The highest BCUT2D eigenvalue weighted by atomic mass is 16.4. The van der Waals surface area contributed by atoms with Crippen LogP contribution in [0.3, 0.4) is 0 Å². The minimum atomic E-state index is -0.989. The molecular formula is C29H50N6O3. The van der Waals surface area contributed by atoms with E-state index < -0.39 is 12.0 Å². The van der Waals surface area contributed by atoms with Gasteiger partial charge in [-0.2, -0.15) is 0 Å².